The lowest BCUT2D eigenvalue weighted by Crippen LogP contribution is -2.38. The average molecular weight is 410 g/mol. The van der Waals surface area contributed by atoms with Crippen LogP contribution in [-0.2, 0) is 17.6 Å². The summed E-state index contributed by atoms with van der Waals surface area (Å²) in [7, 11) is 0. The van der Waals surface area contributed by atoms with Gasteiger partial charge in [0.2, 0.25) is 0 Å². The average Bonchev–Trinajstić information content (AvgIpc) is 2.68. The second-order valence-electron chi connectivity index (χ2n) is 9.82. The summed E-state index contributed by atoms with van der Waals surface area (Å²) in [5.74, 6) is -0.177. The van der Waals surface area contributed by atoms with E-state index in [1.165, 1.54) is 5.56 Å². The molecule has 3 heterocycles. The Kier molecular flexibility index (Phi) is 6.79. The Labute approximate surface area is 180 Å². The van der Waals surface area contributed by atoms with Crippen LogP contribution >= 0.6 is 0 Å². The van der Waals surface area contributed by atoms with Crippen molar-refractivity contribution >= 4 is 11.7 Å². The monoisotopic (exact) mass is 409 g/mol. The maximum Gasteiger partial charge on any atom is 0.307 e. The van der Waals surface area contributed by atoms with Crippen LogP contribution in [-0.4, -0.2) is 34.1 Å². The van der Waals surface area contributed by atoms with E-state index in [9.17, 15) is 9.90 Å². The normalized spacial score (nSPS) is 16.1. The lowest BCUT2D eigenvalue weighted by atomic mass is 9.82. The molecule has 0 unspecified atom stereocenters. The number of hydrogen-bond donors (Lipinski definition) is 1. The summed E-state index contributed by atoms with van der Waals surface area (Å²) in [4.78, 5) is 23.1. The number of anilines is 1. The largest absolute Gasteiger partial charge is 0.481 e. The molecule has 1 fully saturated rings. The Hall–Kier alpha value is -2.43. The highest BCUT2D eigenvalue weighted by molar-refractivity contribution is 5.84. The molecular formula is C25H35N3O2. The van der Waals surface area contributed by atoms with Gasteiger partial charge in [0.1, 0.15) is 0 Å². The second-order valence-corrected chi connectivity index (χ2v) is 9.82. The zero-order valence-corrected chi connectivity index (χ0v) is 19.0. The highest BCUT2D eigenvalue weighted by Crippen LogP contribution is 2.39. The van der Waals surface area contributed by atoms with Gasteiger partial charge >= 0.3 is 5.97 Å². The predicted molar refractivity (Wildman–Crippen MR) is 122 cm³/mol. The van der Waals surface area contributed by atoms with Crippen LogP contribution in [0.1, 0.15) is 63.8 Å². The molecule has 0 aliphatic carbocycles. The van der Waals surface area contributed by atoms with Gasteiger partial charge in [0.15, 0.2) is 0 Å². The molecule has 0 saturated carbocycles. The fourth-order valence-corrected chi connectivity index (χ4v) is 4.13. The minimum absolute atomic E-state index is 0.0115. The van der Waals surface area contributed by atoms with Crippen LogP contribution in [0.25, 0.3) is 11.1 Å². The first-order valence-corrected chi connectivity index (χ1v) is 11.1. The second kappa shape index (κ2) is 9.15. The summed E-state index contributed by atoms with van der Waals surface area (Å²) >= 11 is 0. The Bertz CT molecular complexity index is 895. The smallest absolute Gasteiger partial charge is 0.307 e. The summed E-state index contributed by atoms with van der Waals surface area (Å²) in [6.07, 6.45) is 10.0. The number of carboxylic acid groups (broad SMARTS) is 1. The number of carboxylic acids is 1. The number of aliphatic carboxylic acids is 1. The third-order valence-corrected chi connectivity index (χ3v) is 6.24. The molecule has 1 N–H and O–H groups in total. The van der Waals surface area contributed by atoms with Gasteiger partial charge in [-0.3, -0.25) is 14.8 Å². The number of aromatic nitrogens is 2. The van der Waals surface area contributed by atoms with Gasteiger partial charge in [0.25, 0.3) is 0 Å². The number of piperidine rings is 1. The molecule has 1 aliphatic rings. The molecule has 1 aliphatic heterocycles. The van der Waals surface area contributed by atoms with Gasteiger partial charge in [0.05, 0.1) is 12.1 Å². The topological polar surface area (TPSA) is 66.3 Å². The molecule has 0 radical (unpaired) electrons. The number of aryl methyl sites for hydroxylation is 2. The Morgan fingerprint density at radius 2 is 1.90 bits per heavy atom. The molecule has 5 heteroatoms. The summed E-state index contributed by atoms with van der Waals surface area (Å²) < 4.78 is 0. The molecule has 0 bridgehead atoms. The van der Waals surface area contributed by atoms with Crippen LogP contribution in [0.2, 0.25) is 0 Å². The lowest BCUT2D eigenvalue weighted by molar-refractivity contribution is -0.136. The van der Waals surface area contributed by atoms with Crippen LogP contribution < -0.4 is 4.90 Å². The molecule has 5 nitrogen and oxygen atoms in total. The molecule has 2 aromatic rings. The fraction of sp³-hybridized carbons (Fsp3) is 0.560. The first kappa shape index (κ1) is 22.3. The van der Waals surface area contributed by atoms with E-state index < -0.39 is 5.97 Å². The number of nitrogens with zero attached hydrogens (tertiary/aromatic N) is 3. The van der Waals surface area contributed by atoms with Crippen molar-refractivity contribution in [2.45, 2.75) is 66.7 Å². The van der Waals surface area contributed by atoms with Gasteiger partial charge in [-0.15, -0.1) is 0 Å². The molecule has 3 rings (SSSR count). The zero-order chi connectivity index (χ0) is 21.9. The Morgan fingerprint density at radius 3 is 2.53 bits per heavy atom. The summed E-state index contributed by atoms with van der Waals surface area (Å²) in [5.41, 5.74) is 6.21. The van der Waals surface area contributed by atoms with E-state index in [2.05, 4.69) is 48.6 Å². The van der Waals surface area contributed by atoms with E-state index in [1.54, 1.807) is 0 Å². The van der Waals surface area contributed by atoms with Gasteiger partial charge in [-0.2, -0.15) is 0 Å². The summed E-state index contributed by atoms with van der Waals surface area (Å²) in [6.45, 7) is 12.8. The van der Waals surface area contributed by atoms with Crippen molar-refractivity contribution in [1.82, 2.24) is 9.97 Å². The van der Waals surface area contributed by atoms with Gasteiger partial charge in [-0.1, -0.05) is 27.7 Å². The maximum absolute atomic E-state index is 11.7. The van der Waals surface area contributed by atoms with Crippen LogP contribution in [0.4, 0.5) is 5.69 Å². The molecule has 0 amide bonds. The third-order valence-electron chi connectivity index (χ3n) is 6.24. The Balaban J connectivity index is 2.06. The molecule has 0 atom stereocenters. The fourth-order valence-electron chi connectivity index (χ4n) is 4.13. The Morgan fingerprint density at radius 1 is 1.20 bits per heavy atom. The van der Waals surface area contributed by atoms with Crippen LogP contribution in [0.15, 0.2) is 24.7 Å². The van der Waals surface area contributed by atoms with Crippen molar-refractivity contribution in [3.05, 3.63) is 41.5 Å². The van der Waals surface area contributed by atoms with Gasteiger partial charge in [-0.05, 0) is 55.6 Å². The highest BCUT2D eigenvalue weighted by atomic mass is 16.4. The predicted octanol–water partition coefficient (Wildman–Crippen LogP) is 5.29. The van der Waals surface area contributed by atoms with Gasteiger partial charge in [0, 0.05) is 54.1 Å². The summed E-state index contributed by atoms with van der Waals surface area (Å²) in [6, 6.07) is 2.20. The van der Waals surface area contributed by atoms with Crippen LogP contribution in [0.5, 0.6) is 0 Å². The van der Waals surface area contributed by atoms with Crippen molar-refractivity contribution in [1.29, 1.82) is 0 Å². The van der Waals surface area contributed by atoms with Crippen molar-refractivity contribution < 1.29 is 9.90 Å². The lowest BCUT2D eigenvalue weighted by Gasteiger charge is -2.40. The highest BCUT2D eigenvalue weighted by Gasteiger charge is 2.29. The molecular weight excluding hydrogens is 374 g/mol. The first-order chi connectivity index (χ1) is 14.2. The van der Waals surface area contributed by atoms with Gasteiger partial charge < -0.3 is 10.0 Å². The quantitative estimate of drug-likeness (QED) is 0.673. The molecule has 1 saturated heterocycles. The molecule has 2 aromatic heterocycles. The van der Waals surface area contributed by atoms with E-state index >= 15 is 0 Å². The van der Waals surface area contributed by atoms with Crippen molar-refractivity contribution in [2.24, 2.45) is 11.3 Å². The molecule has 30 heavy (non-hydrogen) atoms. The number of pyridine rings is 2. The van der Waals surface area contributed by atoms with E-state index in [-0.39, 0.29) is 6.42 Å². The molecule has 162 valence electrons. The first-order valence-electron chi connectivity index (χ1n) is 11.1. The van der Waals surface area contributed by atoms with Crippen molar-refractivity contribution in [3.63, 3.8) is 0 Å². The minimum atomic E-state index is -0.820. The van der Waals surface area contributed by atoms with E-state index in [0.29, 0.717) is 11.3 Å². The van der Waals surface area contributed by atoms with E-state index in [0.717, 1.165) is 66.8 Å². The summed E-state index contributed by atoms with van der Waals surface area (Å²) in [5, 5.41) is 9.57. The minimum Gasteiger partial charge on any atom is -0.481 e. The SMILES string of the molecule is Cc1ncc(-c2cncc(CCC(C)C)c2)c(N2CCC(C)(C)CC2)c1CC(=O)O. The van der Waals surface area contributed by atoms with Crippen molar-refractivity contribution in [2.75, 3.05) is 18.0 Å². The van der Waals surface area contributed by atoms with Crippen LogP contribution in [0, 0.1) is 18.3 Å². The maximum atomic E-state index is 11.7. The van der Waals surface area contributed by atoms with Crippen LogP contribution in [0.3, 0.4) is 0 Å². The number of hydrogen-bond acceptors (Lipinski definition) is 4. The van der Waals surface area contributed by atoms with E-state index in [4.69, 9.17) is 0 Å². The van der Waals surface area contributed by atoms with Gasteiger partial charge in [-0.25, -0.2) is 0 Å². The van der Waals surface area contributed by atoms with Crippen molar-refractivity contribution in [3.8, 4) is 11.1 Å². The van der Waals surface area contributed by atoms with E-state index in [1.807, 2.05) is 25.5 Å². The molecule has 0 aromatic carbocycles. The molecule has 0 spiro atoms. The third kappa shape index (κ3) is 5.38. The standard InChI is InChI=1S/C25H35N3O2/c1-17(2)6-7-19-12-20(15-26-14-19)22-16-27-18(3)21(13-23(29)30)24(22)28-10-8-25(4,5)9-11-28/h12,14-17H,6-11,13H2,1-5H3,(H,29,30). The number of rotatable bonds is 7. The number of carbonyl (C=O) groups is 1. The zero-order valence-electron chi connectivity index (χ0n) is 19.0.